The average molecular weight is 483 g/mol. The van der Waals surface area contributed by atoms with E-state index < -0.39 is 17.8 Å². The number of halogens is 1. The summed E-state index contributed by atoms with van der Waals surface area (Å²) in [6.07, 6.45) is 1.35. The van der Waals surface area contributed by atoms with E-state index >= 15 is 0 Å². The van der Waals surface area contributed by atoms with Crippen LogP contribution >= 0.6 is 27.7 Å². The van der Waals surface area contributed by atoms with Crippen LogP contribution in [0.4, 0.5) is 10.5 Å². The summed E-state index contributed by atoms with van der Waals surface area (Å²) < 4.78 is 6.54. The Kier molecular flexibility index (Phi) is 5.87. The van der Waals surface area contributed by atoms with E-state index in [0.29, 0.717) is 16.5 Å². The number of urea groups is 1. The lowest BCUT2D eigenvalue weighted by atomic mass is 10.1. The van der Waals surface area contributed by atoms with E-state index in [2.05, 4.69) is 21.2 Å². The summed E-state index contributed by atoms with van der Waals surface area (Å²) in [5.74, 6) is -0.376. The zero-order chi connectivity index (χ0) is 21.1. The second-order valence-corrected chi connectivity index (χ2v) is 8.26. The standard InChI is InChI=1S/C22H15BrN2O4S/c23-15-6-8-16(9-7-15)25-21(27)18(20(26)24-22(25)28)12-17-10-11-19(29-17)30-13-14-4-2-1-3-5-14/h1-12H,13H2,(H,24,26,28). The van der Waals surface area contributed by atoms with Crippen molar-refractivity contribution in [1.82, 2.24) is 5.32 Å². The smallest absolute Gasteiger partial charge is 0.335 e. The zero-order valence-electron chi connectivity index (χ0n) is 15.5. The average Bonchev–Trinajstić information content (AvgIpc) is 3.19. The van der Waals surface area contributed by atoms with Gasteiger partial charge in [0.2, 0.25) is 0 Å². The van der Waals surface area contributed by atoms with Gasteiger partial charge >= 0.3 is 6.03 Å². The van der Waals surface area contributed by atoms with Gasteiger partial charge in [0.25, 0.3) is 11.8 Å². The first-order valence-electron chi connectivity index (χ1n) is 8.95. The number of barbiturate groups is 1. The van der Waals surface area contributed by atoms with Crippen molar-refractivity contribution >= 4 is 57.3 Å². The van der Waals surface area contributed by atoms with E-state index in [4.69, 9.17) is 4.42 Å². The highest BCUT2D eigenvalue weighted by Gasteiger charge is 2.37. The lowest BCUT2D eigenvalue weighted by molar-refractivity contribution is -0.122. The number of hydrogen-bond donors (Lipinski definition) is 1. The van der Waals surface area contributed by atoms with Crippen molar-refractivity contribution in [3.63, 3.8) is 0 Å². The molecule has 0 aliphatic carbocycles. The Hall–Kier alpha value is -3.10. The number of nitrogens with one attached hydrogen (secondary N) is 1. The summed E-state index contributed by atoms with van der Waals surface area (Å²) in [6, 6.07) is 19.3. The lowest BCUT2D eigenvalue weighted by Gasteiger charge is -2.26. The highest BCUT2D eigenvalue weighted by molar-refractivity contribution is 9.10. The van der Waals surface area contributed by atoms with Gasteiger partial charge < -0.3 is 4.42 Å². The third-order valence-corrected chi connectivity index (χ3v) is 5.81. The first kappa shape index (κ1) is 20.2. The van der Waals surface area contributed by atoms with Gasteiger partial charge in [-0.2, -0.15) is 0 Å². The van der Waals surface area contributed by atoms with Gasteiger partial charge in [-0.15, -0.1) is 0 Å². The second kappa shape index (κ2) is 8.73. The van der Waals surface area contributed by atoms with Crippen molar-refractivity contribution in [2.75, 3.05) is 4.90 Å². The van der Waals surface area contributed by atoms with Crippen LogP contribution < -0.4 is 10.2 Å². The van der Waals surface area contributed by atoms with Crippen LogP contribution in [0.1, 0.15) is 11.3 Å². The van der Waals surface area contributed by atoms with Gasteiger partial charge in [0.1, 0.15) is 11.3 Å². The van der Waals surface area contributed by atoms with Crippen LogP contribution in [-0.2, 0) is 15.3 Å². The van der Waals surface area contributed by atoms with E-state index in [1.165, 1.54) is 17.8 Å². The first-order chi connectivity index (χ1) is 14.5. The highest BCUT2D eigenvalue weighted by atomic mass is 79.9. The topological polar surface area (TPSA) is 79.6 Å². The number of hydrogen-bond acceptors (Lipinski definition) is 5. The van der Waals surface area contributed by atoms with Crippen molar-refractivity contribution in [1.29, 1.82) is 0 Å². The molecule has 1 aliphatic rings. The number of carbonyl (C=O) groups excluding carboxylic acids is 3. The second-order valence-electron chi connectivity index (χ2n) is 6.37. The molecule has 8 heteroatoms. The van der Waals surface area contributed by atoms with Crippen LogP contribution in [0.25, 0.3) is 6.08 Å². The summed E-state index contributed by atoms with van der Waals surface area (Å²) >= 11 is 4.82. The maximum absolute atomic E-state index is 12.9. The summed E-state index contributed by atoms with van der Waals surface area (Å²) in [5.41, 5.74) is 1.34. The number of amides is 4. The molecule has 0 atom stereocenters. The summed E-state index contributed by atoms with van der Waals surface area (Å²) in [6.45, 7) is 0. The Morgan fingerprint density at radius 3 is 2.43 bits per heavy atom. The molecule has 6 nitrogen and oxygen atoms in total. The number of thioether (sulfide) groups is 1. The van der Waals surface area contributed by atoms with Crippen LogP contribution in [0, 0.1) is 0 Å². The number of anilines is 1. The SMILES string of the molecule is O=C1NC(=O)N(c2ccc(Br)cc2)C(=O)C1=Cc1ccc(SCc2ccccc2)o1. The largest absolute Gasteiger partial charge is 0.450 e. The number of furan rings is 1. The van der Waals surface area contributed by atoms with Gasteiger partial charge in [0.05, 0.1) is 5.69 Å². The minimum Gasteiger partial charge on any atom is -0.450 e. The molecule has 150 valence electrons. The number of nitrogens with zero attached hydrogens (tertiary/aromatic N) is 1. The fourth-order valence-electron chi connectivity index (χ4n) is 2.84. The van der Waals surface area contributed by atoms with Crippen molar-refractivity contribution in [3.8, 4) is 0 Å². The zero-order valence-corrected chi connectivity index (χ0v) is 17.9. The molecule has 2 heterocycles. The molecule has 4 amide bonds. The van der Waals surface area contributed by atoms with Crippen LogP contribution in [0.15, 0.2) is 86.3 Å². The predicted molar refractivity (Wildman–Crippen MR) is 118 cm³/mol. The van der Waals surface area contributed by atoms with Gasteiger partial charge in [0, 0.05) is 10.2 Å². The molecular formula is C22H15BrN2O4S. The fraction of sp³-hybridized carbons (Fsp3) is 0.0455. The molecule has 30 heavy (non-hydrogen) atoms. The van der Waals surface area contributed by atoms with Crippen LogP contribution in [0.2, 0.25) is 0 Å². The molecule has 0 bridgehead atoms. The van der Waals surface area contributed by atoms with Crippen LogP contribution in [0.3, 0.4) is 0 Å². The Balaban J connectivity index is 1.54. The lowest BCUT2D eigenvalue weighted by Crippen LogP contribution is -2.54. The molecule has 4 rings (SSSR count). The Bertz CT molecular complexity index is 1140. The van der Waals surface area contributed by atoms with Gasteiger partial charge in [-0.25, -0.2) is 9.69 Å². The van der Waals surface area contributed by atoms with Crippen molar-refractivity contribution < 1.29 is 18.8 Å². The monoisotopic (exact) mass is 482 g/mol. The van der Waals surface area contributed by atoms with E-state index in [0.717, 1.165) is 20.7 Å². The maximum Gasteiger partial charge on any atom is 0.335 e. The van der Waals surface area contributed by atoms with Crippen molar-refractivity contribution in [3.05, 3.63) is 88.1 Å². The molecule has 1 N–H and O–H groups in total. The molecule has 0 unspecified atom stereocenters. The third-order valence-electron chi connectivity index (χ3n) is 4.30. The summed E-state index contributed by atoms with van der Waals surface area (Å²) in [7, 11) is 0. The summed E-state index contributed by atoms with van der Waals surface area (Å²) in [4.78, 5) is 38.3. The molecule has 1 saturated heterocycles. The van der Waals surface area contributed by atoms with Crippen LogP contribution in [-0.4, -0.2) is 17.8 Å². The molecular weight excluding hydrogens is 468 g/mol. The number of benzene rings is 2. The molecule has 1 fully saturated rings. The summed E-state index contributed by atoms with van der Waals surface area (Å²) in [5, 5.41) is 2.86. The third kappa shape index (κ3) is 4.39. The minimum absolute atomic E-state index is 0.175. The van der Waals surface area contributed by atoms with Gasteiger partial charge in [-0.3, -0.25) is 14.9 Å². The molecule has 0 radical (unpaired) electrons. The quantitative estimate of drug-likeness (QED) is 0.314. The predicted octanol–water partition coefficient (Wildman–Crippen LogP) is 5.00. The highest BCUT2D eigenvalue weighted by Crippen LogP contribution is 2.27. The molecule has 0 spiro atoms. The van der Waals surface area contributed by atoms with E-state index in [1.54, 1.807) is 36.4 Å². The minimum atomic E-state index is -0.789. The Morgan fingerprint density at radius 1 is 0.967 bits per heavy atom. The van der Waals surface area contributed by atoms with Gasteiger partial charge in [0.15, 0.2) is 5.09 Å². The van der Waals surface area contributed by atoms with E-state index in [1.807, 2.05) is 30.3 Å². The fourth-order valence-corrected chi connectivity index (χ4v) is 3.93. The molecule has 2 aromatic carbocycles. The maximum atomic E-state index is 12.9. The molecule has 0 saturated carbocycles. The van der Waals surface area contributed by atoms with Crippen LogP contribution in [0.5, 0.6) is 0 Å². The number of imide groups is 2. The van der Waals surface area contributed by atoms with Gasteiger partial charge in [-0.1, -0.05) is 58.0 Å². The normalized spacial score (nSPS) is 15.6. The van der Waals surface area contributed by atoms with Crippen molar-refractivity contribution in [2.24, 2.45) is 0 Å². The molecule has 1 aromatic heterocycles. The first-order valence-corrected chi connectivity index (χ1v) is 10.7. The van der Waals surface area contributed by atoms with E-state index in [9.17, 15) is 14.4 Å². The Labute approximate surface area is 185 Å². The molecule has 1 aliphatic heterocycles. The number of carbonyl (C=O) groups is 3. The number of rotatable bonds is 5. The van der Waals surface area contributed by atoms with E-state index in [-0.39, 0.29) is 5.57 Å². The Morgan fingerprint density at radius 2 is 1.70 bits per heavy atom. The van der Waals surface area contributed by atoms with Gasteiger partial charge in [-0.05, 0) is 48.0 Å². The van der Waals surface area contributed by atoms with Crippen molar-refractivity contribution in [2.45, 2.75) is 10.8 Å². The molecule has 3 aromatic rings.